The van der Waals surface area contributed by atoms with Crippen molar-refractivity contribution < 1.29 is 28.7 Å². The molecule has 0 radical (unpaired) electrons. The van der Waals surface area contributed by atoms with E-state index in [9.17, 15) is 19.2 Å². The molecule has 0 saturated carbocycles. The summed E-state index contributed by atoms with van der Waals surface area (Å²) in [4.78, 5) is 50.5. The van der Waals surface area contributed by atoms with Crippen molar-refractivity contribution in [3.05, 3.63) is 93.6 Å². The molecule has 1 N–H and O–H groups in total. The molecule has 10 heteroatoms. The fourth-order valence-electron chi connectivity index (χ4n) is 3.43. The molecular weight excluding hydrogens is 507 g/mol. The molecule has 3 aromatic carbocycles. The van der Waals surface area contributed by atoms with Gasteiger partial charge in [0.2, 0.25) is 0 Å². The van der Waals surface area contributed by atoms with E-state index in [-0.39, 0.29) is 39.3 Å². The normalized spacial score (nSPS) is 13.2. The molecule has 0 fully saturated rings. The van der Waals surface area contributed by atoms with E-state index in [1.807, 2.05) is 0 Å². The van der Waals surface area contributed by atoms with E-state index in [0.717, 1.165) is 4.90 Å². The summed E-state index contributed by atoms with van der Waals surface area (Å²) >= 11 is 12.2. The number of benzene rings is 3. The summed E-state index contributed by atoms with van der Waals surface area (Å²) in [6.45, 7) is 1.44. The molecule has 36 heavy (non-hydrogen) atoms. The van der Waals surface area contributed by atoms with Crippen molar-refractivity contribution in [2.75, 3.05) is 17.3 Å². The number of ketones is 1. The zero-order valence-corrected chi connectivity index (χ0v) is 20.5. The Balaban J connectivity index is 1.48. The Labute approximate surface area is 216 Å². The number of amides is 2. The van der Waals surface area contributed by atoms with Crippen LogP contribution in [0.25, 0.3) is 0 Å². The molecule has 0 atom stereocenters. The van der Waals surface area contributed by atoms with Crippen LogP contribution in [-0.4, -0.2) is 30.7 Å². The van der Waals surface area contributed by atoms with E-state index in [1.165, 1.54) is 62.6 Å². The molecule has 0 aromatic heterocycles. The van der Waals surface area contributed by atoms with E-state index < -0.39 is 17.8 Å². The molecule has 2 amide bonds. The molecule has 0 bridgehead atoms. The van der Waals surface area contributed by atoms with Crippen LogP contribution in [0, 0.1) is 0 Å². The van der Waals surface area contributed by atoms with Gasteiger partial charge in [-0.3, -0.25) is 14.4 Å². The van der Waals surface area contributed by atoms with Crippen LogP contribution < -0.4 is 19.7 Å². The third-order valence-electron chi connectivity index (χ3n) is 5.27. The zero-order chi connectivity index (χ0) is 26.0. The molecule has 3 aromatic rings. The lowest BCUT2D eigenvalue weighted by molar-refractivity contribution is -0.120. The third-order valence-corrected chi connectivity index (χ3v) is 5.86. The van der Waals surface area contributed by atoms with Gasteiger partial charge in [0.25, 0.3) is 11.8 Å². The molecule has 1 aliphatic heterocycles. The first-order chi connectivity index (χ1) is 17.2. The average Bonchev–Trinajstić information content (AvgIpc) is 3.07. The van der Waals surface area contributed by atoms with Crippen LogP contribution in [-0.2, 0) is 9.59 Å². The van der Waals surface area contributed by atoms with E-state index >= 15 is 0 Å². The number of esters is 1. The number of imide groups is 1. The van der Waals surface area contributed by atoms with Crippen LogP contribution in [0.3, 0.4) is 0 Å². The minimum Gasteiger partial charge on any atom is -0.495 e. The SMILES string of the molecule is COc1ccc(Cl)cc1N1C(=O)C(Cl)=C(Nc2ccc(C(=O)Oc3ccc(C(C)=O)cc3)cc2)C1=O. The van der Waals surface area contributed by atoms with Crippen molar-refractivity contribution in [3.63, 3.8) is 0 Å². The molecule has 0 spiro atoms. The summed E-state index contributed by atoms with van der Waals surface area (Å²) in [6.07, 6.45) is 0. The number of rotatable bonds is 7. The predicted molar refractivity (Wildman–Crippen MR) is 135 cm³/mol. The Morgan fingerprint density at radius 3 is 2.11 bits per heavy atom. The molecular formula is C26H18Cl2N2O6. The van der Waals surface area contributed by atoms with Crippen molar-refractivity contribution >= 4 is 58.1 Å². The Morgan fingerprint density at radius 1 is 0.861 bits per heavy atom. The highest BCUT2D eigenvalue weighted by molar-refractivity contribution is 6.53. The van der Waals surface area contributed by atoms with E-state index in [1.54, 1.807) is 18.2 Å². The van der Waals surface area contributed by atoms with E-state index in [4.69, 9.17) is 32.7 Å². The summed E-state index contributed by atoms with van der Waals surface area (Å²) in [6, 6.07) is 16.8. The van der Waals surface area contributed by atoms with Crippen molar-refractivity contribution in [2.45, 2.75) is 6.92 Å². The molecule has 0 saturated heterocycles. The van der Waals surface area contributed by atoms with E-state index in [2.05, 4.69) is 5.32 Å². The number of hydrogen-bond acceptors (Lipinski definition) is 7. The lowest BCUT2D eigenvalue weighted by Crippen LogP contribution is -2.32. The first-order valence-corrected chi connectivity index (χ1v) is 11.3. The van der Waals surface area contributed by atoms with Crippen molar-refractivity contribution in [1.82, 2.24) is 0 Å². The van der Waals surface area contributed by atoms with Gasteiger partial charge in [0, 0.05) is 16.3 Å². The maximum Gasteiger partial charge on any atom is 0.343 e. The molecule has 8 nitrogen and oxygen atoms in total. The highest BCUT2D eigenvalue weighted by atomic mass is 35.5. The molecule has 4 rings (SSSR count). The first-order valence-electron chi connectivity index (χ1n) is 10.5. The van der Waals surface area contributed by atoms with Crippen LogP contribution in [0.1, 0.15) is 27.6 Å². The quantitative estimate of drug-likeness (QED) is 0.196. The van der Waals surface area contributed by atoms with Gasteiger partial charge in [-0.25, -0.2) is 9.69 Å². The molecule has 1 aliphatic rings. The lowest BCUT2D eigenvalue weighted by atomic mass is 10.1. The summed E-state index contributed by atoms with van der Waals surface area (Å²) < 4.78 is 10.6. The van der Waals surface area contributed by atoms with E-state index in [0.29, 0.717) is 16.3 Å². The molecule has 0 aliphatic carbocycles. The summed E-state index contributed by atoms with van der Waals surface area (Å²) in [5, 5.41) is 2.83. The standard InChI is InChI=1S/C26H18Cl2N2O6/c1-14(31)15-5-10-19(11-6-15)36-26(34)16-3-8-18(9-4-16)29-23-22(28)24(32)30(25(23)33)20-13-17(27)7-12-21(20)35-2/h3-13,29H,1-2H3. The largest absolute Gasteiger partial charge is 0.495 e. The minimum atomic E-state index is -0.735. The fourth-order valence-corrected chi connectivity index (χ4v) is 3.80. The number of Topliss-reactive ketones (excluding diaryl/α,β-unsaturated/α-hetero) is 1. The first kappa shape index (κ1) is 25.0. The van der Waals surface area contributed by atoms with Crippen LogP contribution in [0.15, 0.2) is 77.5 Å². The highest BCUT2D eigenvalue weighted by Gasteiger charge is 2.40. The number of anilines is 2. The van der Waals surface area contributed by atoms with Gasteiger partial charge in [-0.05, 0) is 73.7 Å². The van der Waals surface area contributed by atoms with Gasteiger partial charge in [-0.2, -0.15) is 0 Å². The van der Waals surface area contributed by atoms with Crippen molar-refractivity contribution in [2.24, 2.45) is 0 Å². The van der Waals surface area contributed by atoms with Crippen LogP contribution in [0.4, 0.5) is 11.4 Å². The number of ether oxygens (including phenoxy) is 2. The number of carbonyl (C=O) groups excluding carboxylic acids is 4. The summed E-state index contributed by atoms with van der Waals surface area (Å²) in [5.74, 6) is -1.57. The zero-order valence-electron chi connectivity index (χ0n) is 19.0. The molecule has 182 valence electrons. The van der Waals surface area contributed by atoms with Gasteiger partial charge < -0.3 is 14.8 Å². The fraction of sp³-hybridized carbons (Fsp3) is 0.0769. The van der Waals surface area contributed by atoms with Crippen molar-refractivity contribution in [3.8, 4) is 11.5 Å². The molecule has 0 unspecified atom stereocenters. The van der Waals surface area contributed by atoms with Gasteiger partial charge in [0.1, 0.15) is 22.2 Å². The highest BCUT2D eigenvalue weighted by Crippen LogP contribution is 2.37. The molecule has 1 heterocycles. The smallest absolute Gasteiger partial charge is 0.343 e. The third kappa shape index (κ3) is 4.95. The second kappa shape index (κ2) is 10.2. The summed E-state index contributed by atoms with van der Waals surface area (Å²) in [5.41, 5.74) is 1.18. The maximum absolute atomic E-state index is 13.1. The number of hydrogen-bond donors (Lipinski definition) is 1. The monoisotopic (exact) mass is 524 g/mol. The Kier molecular flexibility index (Phi) is 7.10. The van der Waals surface area contributed by atoms with Gasteiger partial charge >= 0.3 is 5.97 Å². The number of nitrogens with zero attached hydrogens (tertiary/aromatic N) is 1. The Hall–Kier alpha value is -4.14. The lowest BCUT2D eigenvalue weighted by Gasteiger charge is -2.18. The average molecular weight is 525 g/mol. The topological polar surface area (TPSA) is 102 Å². The van der Waals surface area contributed by atoms with Crippen molar-refractivity contribution in [1.29, 1.82) is 0 Å². The number of halogens is 2. The second-order valence-electron chi connectivity index (χ2n) is 7.62. The van der Waals surface area contributed by atoms with Gasteiger partial charge in [-0.1, -0.05) is 23.2 Å². The number of nitrogens with one attached hydrogen (secondary N) is 1. The Morgan fingerprint density at radius 2 is 1.50 bits per heavy atom. The minimum absolute atomic E-state index is 0.0940. The van der Waals surface area contributed by atoms with Crippen LogP contribution in [0.5, 0.6) is 11.5 Å². The van der Waals surface area contributed by atoms with Crippen LogP contribution in [0.2, 0.25) is 5.02 Å². The number of carbonyl (C=O) groups is 4. The predicted octanol–water partition coefficient (Wildman–Crippen LogP) is 5.21. The second-order valence-corrected chi connectivity index (χ2v) is 8.44. The van der Waals surface area contributed by atoms with Gasteiger partial charge in [0.05, 0.1) is 18.4 Å². The Bertz CT molecular complexity index is 1420. The van der Waals surface area contributed by atoms with Gasteiger partial charge in [0.15, 0.2) is 5.78 Å². The summed E-state index contributed by atoms with van der Waals surface area (Å²) in [7, 11) is 1.40. The maximum atomic E-state index is 13.1. The number of methoxy groups -OCH3 is 1. The van der Waals surface area contributed by atoms with Gasteiger partial charge in [-0.15, -0.1) is 0 Å². The van der Waals surface area contributed by atoms with Crippen LogP contribution >= 0.6 is 23.2 Å².